The van der Waals surface area contributed by atoms with Gasteiger partial charge in [0.25, 0.3) is 0 Å². The Balaban J connectivity index is 1.65. The van der Waals surface area contributed by atoms with Gasteiger partial charge in [0, 0.05) is 35.6 Å². The fraction of sp³-hybridized carbons (Fsp3) is 0.182. The lowest BCUT2D eigenvalue weighted by molar-refractivity contribution is 0.485. The zero-order chi connectivity index (χ0) is 26.3. The van der Waals surface area contributed by atoms with Gasteiger partial charge in [-0.2, -0.15) is 15.2 Å². The van der Waals surface area contributed by atoms with Crippen LogP contribution >= 0.6 is 11.6 Å². The number of benzene rings is 2. The van der Waals surface area contributed by atoms with Crippen molar-refractivity contribution in [3.8, 4) is 0 Å². The Labute approximate surface area is 210 Å². The van der Waals surface area contributed by atoms with Crippen LogP contribution in [0.1, 0.15) is 17.0 Å². The molecule has 0 amide bonds. The molecular formula is C22H17ClF3N9O2. The summed E-state index contributed by atoms with van der Waals surface area (Å²) in [5.41, 5.74) is -0.489. The van der Waals surface area contributed by atoms with Gasteiger partial charge in [-0.15, -0.1) is 11.6 Å². The first-order chi connectivity index (χ1) is 17.7. The molecule has 190 valence electrons. The minimum atomic E-state index is -1.38. The van der Waals surface area contributed by atoms with Gasteiger partial charge in [0.2, 0.25) is 5.95 Å². The SMILES string of the molecule is Cn1cnc(Cn2c(=O)nc(Nc3cc4cn[nH]c4cc3CCl)n(Cc3cc(F)c(F)cc3F)c2=O)n1. The van der Waals surface area contributed by atoms with Crippen molar-refractivity contribution in [1.29, 1.82) is 0 Å². The second kappa shape index (κ2) is 9.54. The molecule has 0 saturated heterocycles. The van der Waals surface area contributed by atoms with Crippen molar-refractivity contribution >= 4 is 34.1 Å². The maximum Gasteiger partial charge on any atom is 0.355 e. The summed E-state index contributed by atoms with van der Waals surface area (Å²) in [4.78, 5) is 34.3. The number of aromatic amines is 1. The molecule has 0 unspecified atom stereocenters. The Morgan fingerprint density at radius 1 is 1.00 bits per heavy atom. The summed E-state index contributed by atoms with van der Waals surface area (Å²) in [7, 11) is 1.61. The fourth-order valence-corrected chi connectivity index (χ4v) is 3.96. The quantitative estimate of drug-likeness (QED) is 0.244. The van der Waals surface area contributed by atoms with Crippen LogP contribution in [0.25, 0.3) is 10.9 Å². The number of hydrogen-bond donors (Lipinski definition) is 2. The zero-order valence-electron chi connectivity index (χ0n) is 19.0. The Morgan fingerprint density at radius 2 is 1.78 bits per heavy atom. The summed E-state index contributed by atoms with van der Waals surface area (Å²) in [6.45, 7) is -0.892. The van der Waals surface area contributed by atoms with Crippen molar-refractivity contribution < 1.29 is 13.2 Å². The van der Waals surface area contributed by atoms with Crippen molar-refractivity contribution in [2.45, 2.75) is 19.0 Å². The number of fused-ring (bicyclic) bond motifs is 1. The molecular weight excluding hydrogens is 515 g/mol. The first-order valence-electron chi connectivity index (χ1n) is 10.7. The van der Waals surface area contributed by atoms with Crippen molar-refractivity contribution in [2.24, 2.45) is 7.05 Å². The number of anilines is 2. The van der Waals surface area contributed by atoms with E-state index in [9.17, 15) is 22.8 Å². The largest absolute Gasteiger partial charge is 0.355 e. The number of hydrogen-bond acceptors (Lipinski definition) is 7. The van der Waals surface area contributed by atoms with Crippen LogP contribution in [0.5, 0.6) is 0 Å². The van der Waals surface area contributed by atoms with Crippen LogP contribution in [0.4, 0.5) is 24.8 Å². The summed E-state index contributed by atoms with van der Waals surface area (Å²) < 4.78 is 45.0. The molecule has 0 atom stereocenters. The number of aromatic nitrogens is 8. The van der Waals surface area contributed by atoms with Gasteiger partial charge >= 0.3 is 11.4 Å². The van der Waals surface area contributed by atoms with E-state index in [-0.39, 0.29) is 29.8 Å². The number of H-pyrrole nitrogens is 1. The van der Waals surface area contributed by atoms with Gasteiger partial charge in [-0.05, 0) is 23.8 Å². The number of nitrogens with zero attached hydrogens (tertiary/aromatic N) is 7. The Morgan fingerprint density at radius 3 is 2.51 bits per heavy atom. The van der Waals surface area contributed by atoms with Crippen LogP contribution in [0.3, 0.4) is 0 Å². The number of rotatable bonds is 7. The van der Waals surface area contributed by atoms with Gasteiger partial charge in [-0.3, -0.25) is 14.3 Å². The third kappa shape index (κ3) is 4.70. The molecule has 3 heterocycles. The van der Waals surface area contributed by atoms with Crippen LogP contribution in [0.15, 0.2) is 46.4 Å². The van der Waals surface area contributed by atoms with E-state index in [4.69, 9.17) is 11.6 Å². The van der Waals surface area contributed by atoms with Crippen molar-refractivity contribution in [3.63, 3.8) is 0 Å². The van der Waals surface area contributed by atoms with Gasteiger partial charge in [-0.1, -0.05) is 0 Å². The van der Waals surface area contributed by atoms with Crippen LogP contribution in [0.2, 0.25) is 0 Å². The average Bonchev–Trinajstić information content (AvgIpc) is 3.49. The summed E-state index contributed by atoms with van der Waals surface area (Å²) in [5, 5.41) is 14.4. The third-order valence-corrected chi connectivity index (χ3v) is 5.86. The van der Waals surface area contributed by atoms with Crippen molar-refractivity contribution in [2.75, 3.05) is 5.32 Å². The third-order valence-electron chi connectivity index (χ3n) is 5.57. The molecule has 11 nitrogen and oxygen atoms in total. The van der Waals surface area contributed by atoms with Crippen molar-refractivity contribution in [3.05, 3.63) is 92.2 Å². The predicted octanol–water partition coefficient (Wildman–Crippen LogP) is 2.41. The van der Waals surface area contributed by atoms with Crippen LogP contribution < -0.4 is 16.7 Å². The second-order valence-corrected chi connectivity index (χ2v) is 8.36. The van der Waals surface area contributed by atoms with Crippen LogP contribution in [-0.2, 0) is 26.0 Å². The number of halogens is 4. The molecule has 15 heteroatoms. The van der Waals surface area contributed by atoms with Gasteiger partial charge in [0.05, 0.1) is 24.8 Å². The van der Waals surface area contributed by atoms with Gasteiger partial charge in [0.15, 0.2) is 17.5 Å². The van der Waals surface area contributed by atoms with E-state index < -0.39 is 35.4 Å². The molecule has 0 aliphatic heterocycles. The minimum absolute atomic E-state index is 0.0573. The first-order valence-corrected chi connectivity index (χ1v) is 11.3. The monoisotopic (exact) mass is 531 g/mol. The number of aryl methyl sites for hydroxylation is 1. The zero-order valence-corrected chi connectivity index (χ0v) is 19.8. The maximum absolute atomic E-state index is 14.5. The number of alkyl halides is 1. The van der Waals surface area contributed by atoms with Crippen LogP contribution in [-0.4, -0.2) is 39.1 Å². The Kier molecular flexibility index (Phi) is 6.25. The molecule has 0 spiro atoms. The van der Waals surface area contributed by atoms with E-state index in [1.54, 1.807) is 25.4 Å². The molecule has 0 radical (unpaired) electrons. The number of nitrogens with one attached hydrogen (secondary N) is 2. The second-order valence-electron chi connectivity index (χ2n) is 8.09. The van der Waals surface area contributed by atoms with E-state index in [1.165, 1.54) is 11.0 Å². The highest BCUT2D eigenvalue weighted by molar-refractivity contribution is 6.17. The molecule has 2 aromatic carbocycles. The predicted molar refractivity (Wildman–Crippen MR) is 127 cm³/mol. The molecule has 3 aromatic heterocycles. The molecule has 0 bridgehead atoms. The van der Waals surface area contributed by atoms with E-state index in [2.05, 4.69) is 30.6 Å². The Hall–Kier alpha value is -4.46. The lowest BCUT2D eigenvalue weighted by Gasteiger charge is -2.17. The average molecular weight is 532 g/mol. The van der Waals surface area contributed by atoms with E-state index in [0.717, 1.165) is 9.13 Å². The molecule has 0 saturated carbocycles. The smallest absolute Gasteiger partial charge is 0.325 e. The molecule has 5 rings (SSSR count). The lowest BCUT2D eigenvalue weighted by atomic mass is 10.1. The van der Waals surface area contributed by atoms with Gasteiger partial charge in [-0.25, -0.2) is 32.3 Å². The lowest BCUT2D eigenvalue weighted by Crippen LogP contribution is -2.43. The normalized spacial score (nSPS) is 11.4. The highest BCUT2D eigenvalue weighted by atomic mass is 35.5. The van der Waals surface area contributed by atoms with Gasteiger partial charge in [0.1, 0.15) is 12.1 Å². The molecule has 5 aromatic rings. The fourth-order valence-electron chi connectivity index (χ4n) is 3.74. The highest BCUT2D eigenvalue weighted by Crippen LogP contribution is 2.26. The van der Waals surface area contributed by atoms with Gasteiger partial charge < -0.3 is 5.32 Å². The van der Waals surface area contributed by atoms with Crippen molar-refractivity contribution in [1.82, 2.24) is 39.1 Å². The topological polar surface area (TPSA) is 128 Å². The molecule has 2 N–H and O–H groups in total. The molecule has 0 aliphatic carbocycles. The first kappa shape index (κ1) is 24.2. The summed E-state index contributed by atoms with van der Waals surface area (Å²) in [6.07, 6.45) is 2.95. The minimum Gasteiger partial charge on any atom is -0.325 e. The molecule has 37 heavy (non-hydrogen) atoms. The maximum atomic E-state index is 14.5. The summed E-state index contributed by atoms with van der Waals surface area (Å²) in [5.74, 6) is -3.81. The van der Waals surface area contributed by atoms with Crippen LogP contribution in [0, 0.1) is 17.5 Å². The highest BCUT2D eigenvalue weighted by Gasteiger charge is 2.19. The van der Waals surface area contributed by atoms with E-state index in [1.807, 2.05) is 0 Å². The molecule has 0 fully saturated rings. The summed E-state index contributed by atoms with van der Waals surface area (Å²) >= 11 is 6.10. The summed E-state index contributed by atoms with van der Waals surface area (Å²) in [6, 6.07) is 4.42. The molecule has 0 aliphatic rings. The standard InChI is InChI=1S/C22H17ClF3N9O2/c1-33-10-27-19(32-33)9-35-21(36)30-20(29-17-4-12-7-28-31-18(12)3-11(17)6-23)34(22(35)37)8-13-2-15(25)16(26)5-14(13)24/h2-5,7,10H,6,8-9H2,1H3,(H,28,31)(H,29,30,36). The van der Waals surface area contributed by atoms with E-state index >= 15 is 0 Å². The van der Waals surface area contributed by atoms with E-state index in [0.29, 0.717) is 34.3 Å². The Bertz CT molecular complexity index is 1760.